The van der Waals surface area contributed by atoms with Crippen LogP contribution in [0.3, 0.4) is 0 Å². The zero-order valence-corrected chi connectivity index (χ0v) is 13.7. The van der Waals surface area contributed by atoms with E-state index in [-0.39, 0.29) is 5.97 Å². The molecule has 0 atom stereocenters. The second kappa shape index (κ2) is 7.08. The molecule has 0 saturated carbocycles. The van der Waals surface area contributed by atoms with E-state index in [2.05, 4.69) is 4.98 Å². The van der Waals surface area contributed by atoms with Gasteiger partial charge in [0.1, 0.15) is 12.3 Å². The Morgan fingerprint density at radius 1 is 1.08 bits per heavy atom. The van der Waals surface area contributed by atoms with Gasteiger partial charge in [0.2, 0.25) is 0 Å². The predicted molar refractivity (Wildman–Crippen MR) is 91.6 cm³/mol. The van der Waals surface area contributed by atoms with Gasteiger partial charge in [-0.05, 0) is 24.6 Å². The van der Waals surface area contributed by atoms with Crippen LogP contribution in [0.5, 0.6) is 11.5 Å². The van der Waals surface area contributed by atoms with Gasteiger partial charge in [-0.2, -0.15) is 0 Å². The average molecular weight is 325 g/mol. The van der Waals surface area contributed by atoms with Crippen LogP contribution >= 0.6 is 0 Å². The van der Waals surface area contributed by atoms with Crippen LogP contribution in [0.25, 0.3) is 10.9 Å². The molecule has 124 valence electrons. The Morgan fingerprint density at radius 2 is 1.88 bits per heavy atom. The van der Waals surface area contributed by atoms with Crippen molar-refractivity contribution in [2.75, 3.05) is 13.7 Å². The largest absolute Gasteiger partial charge is 0.493 e. The third-order valence-electron chi connectivity index (χ3n) is 3.64. The lowest BCUT2D eigenvalue weighted by Gasteiger charge is -2.11. The summed E-state index contributed by atoms with van der Waals surface area (Å²) in [6.07, 6.45) is 0. The first kappa shape index (κ1) is 15.9. The molecule has 0 radical (unpaired) electrons. The molecule has 0 aliphatic rings. The third-order valence-corrected chi connectivity index (χ3v) is 3.64. The highest BCUT2D eigenvalue weighted by Gasteiger charge is 2.14. The molecule has 0 saturated heterocycles. The van der Waals surface area contributed by atoms with E-state index in [0.717, 1.165) is 16.5 Å². The lowest BCUT2D eigenvalue weighted by Crippen LogP contribution is -2.04. The number of methoxy groups -OCH3 is 1. The van der Waals surface area contributed by atoms with E-state index in [1.165, 1.54) is 0 Å². The SMILES string of the molecule is CCOC(=O)c1cc2cc(OC)c(OCc3ccccc3)cc2[nH]1. The second-order valence-corrected chi connectivity index (χ2v) is 5.27. The zero-order chi connectivity index (χ0) is 16.9. The fourth-order valence-electron chi connectivity index (χ4n) is 2.47. The van der Waals surface area contributed by atoms with E-state index < -0.39 is 0 Å². The minimum Gasteiger partial charge on any atom is -0.493 e. The summed E-state index contributed by atoms with van der Waals surface area (Å²) < 4.78 is 16.3. The number of ether oxygens (including phenoxy) is 3. The van der Waals surface area contributed by atoms with Gasteiger partial charge in [0, 0.05) is 11.5 Å². The van der Waals surface area contributed by atoms with Gasteiger partial charge in [-0.25, -0.2) is 4.79 Å². The maximum atomic E-state index is 11.8. The molecule has 0 amide bonds. The number of carbonyl (C=O) groups is 1. The van der Waals surface area contributed by atoms with Crippen molar-refractivity contribution in [3.05, 3.63) is 59.8 Å². The summed E-state index contributed by atoms with van der Waals surface area (Å²) in [6.45, 7) is 2.55. The topological polar surface area (TPSA) is 60.6 Å². The molecule has 3 rings (SSSR count). The number of esters is 1. The van der Waals surface area contributed by atoms with Gasteiger partial charge in [-0.15, -0.1) is 0 Å². The van der Waals surface area contributed by atoms with Crippen LogP contribution in [-0.2, 0) is 11.3 Å². The van der Waals surface area contributed by atoms with E-state index in [0.29, 0.717) is 30.4 Å². The molecular formula is C19H19NO4. The van der Waals surface area contributed by atoms with Gasteiger partial charge in [-0.3, -0.25) is 0 Å². The second-order valence-electron chi connectivity index (χ2n) is 5.27. The molecule has 24 heavy (non-hydrogen) atoms. The first-order valence-corrected chi connectivity index (χ1v) is 7.76. The summed E-state index contributed by atoms with van der Waals surface area (Å²) in [6, 6.07) is 15.3. The summed E-state index contributed by atoms with van der Waals surface area (Å²) in [7, 11) is 1.59. The molecule has 0 unspecified atom stereocenters. The molecule has 0 spiro atoms. The number of aromatic amines is 1. The minimum atomic E-state index is -0.376. The van der Waals surface area contributed by atoms with Crippen molar-refractivity contribution in [2.24, 2.45) is 0 Å². The minimum absolute atomic E-state index is 0.336. The molecule has 0 bridgehead atoms. The molecule has 0 aliphatic heterocycles. The number of aromatic nitrogens is 1. The third kappa shape index (κ3) is 3.35. The van der Waals surface area contributed by atoms with Crippen molar-refractivity contribution >= 4 is 16.9 Å². The summed E-state index contributed by atoms with van der Waals surface area (Å²) >= 11 is 0. The average Bonchev–Trinajstić information content (AvgIpc) is 3.03. The molecule has 1 aromatic heterocycles. The lowest BCUT2D eigenvalue weighted by atomic mass is 10.2. The van der Waals surface area contributed by atoms with Gasteiger partial charge in [-0.1, -0.05) is 30.3 Å². The van der Waals surface area contributed by atoms with Gasteiger partial charge < -0.3 is 19.2 Å². The van der Waals surface area contributed by atoms with Gasteiger partial charge in [0.15, 0.2) is 11.5 Å². The van der Waals surface area contributed by atoms with Gasteiger partial charge in [0.25, 0.3) is 0 Å². The number of carbonyl (C=O) groups excluding carboxylic acids is 1. The highest BCUT2D eigenvalue weighted by atomic mass is 16.5. The quantitative estimate of drug-likeness (QED) is 0.698. The fourth-order valence-corrected chi connectivity index (χ4v) is 2.47. The highest BCUT2D eigenvalue weighted by molar-refractivity contribution is 5.95. The Hall–Kier alpha value is -2.95. The Morgan fingerprint density at radius 3 is 2.58 bits per heavy atom. The van der Waals surface area contributed by atoms with Crippen molar-refractivity contribution in [3.8, 4) is 11.5 Å². The Bertz CT molecular complexity index is 839. The summed E-state index contributed by atoms with van der Waals surface area (Å²) in [5, 5.41) is 0.863. The van der Waals surface area contributed by atoms with Gasteiger partial charge >= 0.3 is 5.97 Å². The number of nitrogens with one attached hydrogen (secondary N) is 1. The molecule has 0 aliphatic carbocycles. The van der Waals surface area contributed by atoms with Crippen molar-refractivity contribution in [1.29, 1.82) is 0 Å². The Labute approximate surface area is 140 Å². The van der Waals surface area contributed by atoms with Crippen LogP contribution < -0.4 is 9.47 Å². The summed E-state index contributed by atoms with van der Waals surface area (Å²) in [5.74, 6) is 0.860. The summed E-state index contributed by atoms with van der Waals surface area (Å²) in [5.41, 5.74) is 2.27. The zero-order valence-electron chi connectivity index (χ0n) is 13.7. The molecule has 1 heterocycles. The molecule has 5 heteroatoms. The Balaban J connectivity index is 1.88. The predicted octanol–water partition coefficient (Wildman–Crippen LogP) is 3.93. The van der Waals surface area contributed by atoms with Crippen molar-refractivity contribution in [3.63, 3.8) is 0 Å². The van der Waals surface area contributed by atoms with Crippen LogP contribution in [0.1, 0.15) is 23.0 Å². The van der Waals surface area contributed by atoms with Crippen LogP contribution in [0.4, 0.5) is 0 Å². The highest BCUT2D eigenvalue weighted by Crippen LogP contribution is 2.33. The smallest absolute Gasteiger partial charge is 0.354 e. The molecule has 2 aromatic carbocycles. The van der Waals surface area contributed by atoms with E-state index in [4.69, 9.17) is 14.2 Å². The maximum absolute atomic E-state index is 11.8. The van der Waals surface area contributed by atoms with E-state index >= 15 is 0 Å². The molecule has 5 nitrogen and oxygen atoms in total. The maximum Gasteiger partial charge on any atom is 0.354 e. The van der Waals surface area contributed by atoms with Crippen molar-refractivity contribution in [2.45, 2.75) is 13.5 Å². The van der Waals surface area contributed by atoms with Crippen LogP contribution in [0.2, 0.25) is 0 Å². The number of benzene rings is 2. The Kier molecular flexibility index (Phi) is 4.70. The first-order valence-electron chi connectivity index (χ1n) is 7.76. The van der Waals surface area contributed by atoms with Crippen molar-refractivity contribution in [1.82, 2.24) is 4.98 Å². The number of hydrogen-bond acceptors (Lipinski definition) is 4. The molecule has 3 aromatic rings. The standard InChI is InChI=1S/C19H19NO4/c1-3-23-19(21)16-9-14-10-17(22-2)18(11-15(14)20-16)24-12-13-7-5-4-6-8-13/h4-11,20H,3,12H2,1-2H3. The molecular weight excluding hydrogens is 306 g/mol. The summed E-state index contributed by atoms with van der Waals surface area (Å²) in [4.78, 5) is 14.9. The number of H-pyrrole nitrogens is 1. The number of hydrogen-bond donors (Lipinski definition) is 1. The molecule has 1 N–H and O–H groups in total. The van der Waals surface area contributed by atoms with E-state index in [1.807, 2.05) is 42.5 Å². The normalized spacial score (nSPS) is 10.6. The first-order chi connectivity index (χ1) is 11.7. The van der Waals surface area contributed by atoms with Crippen LogP contribution in [0, 0.1) is 0 Å². The number of rotatable bonds is 6. The lowest BCUT2D eigenvalue weighted by molar-refractivity contribution is 0.0520. The number of fused-ring (bicyclic) bond motifs is 1. The fraction of sp³-hybridized carbons (Fsp3) is 0.211. The van der Waals surface area contributed by atoms with Gasteiger partial charge in [0.05, 0.1) is 19.2 Å². The van der Waals surface area contributed by atoms with E-state index in [1.54, 1.807) is 20.1 Å². The van der Waals surface area contributed by atoms with Crippen LogP contribution in [0.15, 0.2) is 48.5 Å². The molecule has 0 fully saturated rings. The van der Waals surface area contributed by atoms with Crippen molar-refractivity contribution < 1.29 is 19.0 Å². The van der Waals surface area contributed by atoms with E-state index in [9.17, 15) is 4.79 Å². The van der Waals surface area contributed by atoms with Crippen LogP contribution in [-0.4, -0.2) is 24.7 Å². The monoisotopic (exact) mass is 325 g/mol.